The van der Waals surface area contributed by atoms with Crippen LogP contribution < -0.4 is 5.32 Å². The van der Waals surface area contributed by atoms with Gasteiger partial charge >= 0.3 is 5.97 Å². The number of aromatic nitrogens is 3. The second kappa shape index (κ2) is 5.51. The van der Waals surface area contributed by atoms with Crippen LogP contribution in [0.3, 0.4) is 0 Å². The molecule has 0 radical (unpaired) electrons. The van der Waals surface area contributed by atoms with Crippen LogP contribution in [-0.2, 0) is 16.1 Å². The van der Waals surface area contributed by atoms with Gasteiger partial charge in [-0.1, -0.05) is 6.07 Å². The Bertz CT molecular complexity index is 682. The van der Waals surface area contributed by atoms with E-state index in [1.165, 1.54) is 0 Å². The Kier molecular flexibility index (Phi) is 3.55. The molecule has 0 spiro atoms. The van der Waals surface area contributed by atoms with Gasteiger partial charge in [-0.3, -0.25) is 14.0 Å². The van der Waals surface area contributed by atoms with Gasteiger partial charge in [-0.15, -0.1) is 10.2 Å². The fourth-order valence-corrected chi connectivity index (χ4v) is 2.77. The highest BCUT2D eigenvalue weighted by atomic mass is 16.4. The van der Waals surface area contributed by atoms with E-state index in [1.54, 1.807) is 0 Å². The quantitative estimate of drug-likeness (QED) is 0.869. The summed E-state index contributed by atoms with van der Waals surface area (Å²) in [5, 5.41) is 19.8. The first-order chi connectivity index (χ1) is 10.1. The van der Waals surface area contributed by atoms with Crippen LogP contribution in [0.4, 0.5) is 0 Å². The summed E-state index contributed by atoms with van der Waals surface area (Å²) in [5.41, 5.74) is 0.730. The fourth-order valence-electron chi connectivity index (χ4n) is 2.77. The topological polar surface area (TPSA) is 96.6 Å². The molecule has 1 amide bonds. The van der Waals surface area contributed by atoms with E-state index >= 15 is 0 Å². The second-order valence-electron chi connectivity index (χ2n) is 5.31. The van der Waals surface area contributed by atoms with E-state index in [0.29, 0.717) is 25.1 Å². The molecule has 21 heavy (non-hydrogen) atoms. The predicted molar refractivity (Wildman–Crippen MR) is 73.3 cm³/mol. The SMILES string of the molecule is O=C(O)C1CCC(C(=O)NCc2nnc3ccccn23)C1. The zero-order valence-corrected chi connectivity index (χ0v) is 11.4. The Balaban J connectivity index is 1.60. The molecule has 2 aromatic heterocycles. The summed E-state index contributed by atoms with van der Waals surface area (Å²) in [4.78, 5) is 23.0. The van der Waals surface area contributed by atoms with Crippen LogP contribution in [-0.4, -0.2) is 31.6 Å². The molecule has 0 aliphatic heterocycles. The van der Waals surface area contributed by atoms with E-state index < -0.39 is 11.9 Å². The minimum Gasteiger partial charge on any atom is -0.481 e. The molecule has 3 rings (SSSR count). The van der Waals surface area contributed by atoms with E-state index in [9.17, 15) is 9.59 Å². The molecule has 0 aromatic carbocycles. The Morgan fingerprint density at radius 2 is 2.10 bits per heavy atom. The van der Waals surface area contributed by atoms with E-state index in [-0.39, 0.29) is 18.4 Å². The lowest BCUT2D eigenvalue weighted by molar-refractivity contribution is -0.141. The lowest BCUT2D eigenvalue weighted by Crippen LogP contribution is -2.30. The Morgan fingerprint density at radius 1 is 1.29 bits per heavy atom. The minimum absolute atomic E-state index is 0.105. The molecule has 0 bridgehead atoms. The third kappa shape index (κ3) is 2.72. The first kappa shape index (κ1) is 13.5. The summed E-state index contributed by atoms with van der Waals surface area (Å²) in [6.07, 6.45) is 3.46. The van der Waals surface area contributed by atoms with E-state index in [2.05, 4.69) is 15.5 Å². The van der Waals surface area contributed by atoms with Crippen molar-refractivity contribution in [1.29, 1.82) is 0 Å². The molecule has 110 valence electrons. The number of pyridine rings is 1. The van der Waals surface area contributed by atoms with E-state index in [0.717, 1.165) is 5.65 Å². The number of aliphatic carboxylic acids is 1. The van der Waals surface area contributed by atoms with Crippen LogP contribution in [0, 0.1) is 11.8 Å². The molecule has 1 fully saturated rings. The Labute approximate surface area is 121 Å². The van der Waals surface area contributed by atoms with Gasteiger partial charge in [-0.05, 0) is 31.4 Å². The first-order valence-electron chi connectivity index (χ1n) is 6.94. The zero-order chi connectivity index (χ0) is 14.8. The smallest absolute Gasteiger partial charge is 0.306 e. The van der Waals surface area contributed by atoms with Gasteiger partial charge in [0.2, 0.25) is 5.91 Å². The van der Waals surface area contributed by atoms with Crippen molar-refractivity contribution in [3.8, 4) is 0 Å². The number of rotatable bonds is 4. The standard InChI is InChI=1S/C14H16N4O3/c19-13(9-4-5-10(7-9)14(20)21)15-8-12-17-16-11-3-1-2-6-18(11)12/h1-3,6,9-10H,4-5,7-8H2,(H,15,19)(H,20,21). The van der Waals surface area contributed by atoms with Gasteiger partial charge in [0.15, 0.2) is 11.5 Å². The van der Waals surface area contributed by atoms with Crippen molar-refractivity contribution in [3.05, 3.63) is 30.2 Å². The number of fused-ring (bicyclic) bond motifs is 1. The molecule has 2 aromatic rings. The van der Waals surface area contributed by atoms with Gasteiger partial charge in [0.05, 0.1) is 12.5 Å². The molecular formula is C14H16N4O3. The van der Waals surface area contributed by atoms with Crippen molar-refractivity contribution in [2.45, 2.75) is 25.8 Å². The van der Waals surface area contributed by atoms with Crippen molar-refractivity contribution >= 4 is 17.5 Å². The number of carboxylic acid groups (broad SMARTS) is 1. The number of hydrogen-bond acceptors (Lipinski definition) is 4. The van der Waals surface area contributed by atoms with Gasteiger partial charge in [-0.2, -0.15) is 0 Å². The number of hydrogen-bond donors (Lipinski definition) is 2. The summed E-state index contributed by atoms with van der Waals surface area (Å²) in [6, 6.07) is 5.58. The predicted octanol–water partition coefficient (Wildman–Crippen LogP) is 0.846. The van der Waals surface area contributed by atoms with Crippen molar-refractivity contribution in [2.24, 2.45) is 11.8 Å². The monoisotopic (exact) mass is 288 g/mol. The highest BCUT2D eigenvalue weighted by Crippen LogP contribution is 2.31. The average Bonchev–Trinajstić information content (AvgIpc) is 3.12. The van der Waals surface area contributed by atoms with Crippen LogP contribution in [0.2, 0.25) is 0 Å². The maximum Gasteiger partial charge on any atom is 0.306 e. The van der Waals surface area contributed by atoms with Crippen LogP contribution in [0.15, 0.2) is 24.4 Å². The molecule has 2 heterocycles. The van der Waals surface area contributed by atoms with Gasteiger partial charge in [-0.25, -0.2) is 0 Å². The molecule has 2 atom stereocenters. The normalized spacial score (nSPS) is 21.5. The zero-order valence-electron chi connectivity index (χ0n) is 11.4. The van der Waals surface area contributed by atoms with Gasteiger partial charge in [0.1, 0.15) is 0 Å². The Hall–Kier alpha value is -2.44. The lowest BCUT2D eigenvalue weighted by Gasteiger charge is -2.10. The van der Waals surface area contributed by atoms with Crippen LogP contribution in [0.25, 0.3) is 5.65 Å². The van der Waals surface area contributed by atoms with Gasteiger partial charge in [0, 0.05) is 12.1 Å². The maximum absolute atomic E-state index is 12.1. The molecular weight excluding hydrogens is 272 g/mol. The molecule has 7 nitrogen and oxygen atoms in total. The summed E-state index contributed by atoms with van der Waals surface area (Å²) < 4.78 is 1.81. The summed E-state index contributed by atoms with van der Waals surface area (Å²) in [5.74, 6) is -0.869. The van der Waals surface area contributed by atoms with E-state index in [4.69, 9.17) is 5.11 Å². The number of carboxylic acids is 1. The molecule has 2 N–H and O–H groups in total. The first-order valence-corrected chi connectivity index (χ1v) is 6.94. The molecule has 0 saturated heterocycles. The number of amides is 1. The van der Waals surface area contributed by atoms with Crippen LogP contribution in [0.5, 0.6) is 0 Å². The third-order valence-corrected chi connectivity index (χ3v) is 3.96. The highest BCUT2D eigenvalue weighted by Gasteiger charge is 2.33. The van der Waals surface area contributed by atoms with Crippen LogP contribution >= 0.6 is 0 Å². The van der Waals surface area contributed by atoms with Crippen molar-refractivity contribution in [3.63, 3.8) is 0 Å². The van der Waals surface area contributed by atoms with Gasteiger partial charge in [0.25, 0.3) is 0 Å². The summed E-state index contributed by atoms with van der Waals surface area (Å²) in [6.45, 7) is 0.290. The lowest BCUT2D eigenvalue weighted by atomic mass is 10.0. The van der Waals surface area contributed by atoms with Crippen molar-refractivity contribution < 1.29 is 14.7 Å². The summed E-state index contributed by atoms with van der Waals surface area (Å²) in [7, 11) is 0. The minimum atomic E-state index is -0.811. The van der Waals surface area contributed by atoms with Gasteiger partial charge < -0.3 is 10.4 Å². The largest absolute Gasteiger partial charge is 0.481 e. The molecule has 7 heteroatoms. The second-order valence-corrected chi connectivity index (χ2v) is 5.31. The molecule has 1 aliphatic carbocycles. The maximum atomic E-state index is 12.1. The highest BCUT2D eigenvalue weighted by molar-refractivity contribution is 5.80. The fraction of sp³-hybridized carbons (Fsp3) is 0.429. The van der Waals surface area contributed by atoms with E-state index in [1.807, 2.05) is 28.8 Å². The number of nitrogens with one attached hydrogen (secondary N) is 1. The molecule has 2 unspecified atom stereocenters. The summed E-state index contributed by atoms with van der Waals surface area (Å²) >= 11 is 0. The third-order valence-electron chi connectivity index (χ3n) is 3.96. The van der Waals surface area contributed by atoms with Crippen molar-refractivity contribution in [1.82, 2.24) is 19.9 Å². The molecule has 1 aliphatic rings. The Morgan fingerprint density at radius 3 is 2.86 bits per heavy atom. The van der Waals surface area contributed by atoms with Crippen LogP contribution in [0.1, 0.15) is 25.1 Å². The van der Waals surface area contributed by atoms with Crippen molar-refractivity contribution in [2.75, 3.05) is 0 Å². The number of nitrogens with zero attached hydrogens (tertiary/aromatic N) is 3. The number of carbonyl (C=O) groups is 2. The molecule has 1 saturated carbocycles. The number of carbonyl (C=O) groups excluding carboxylic acids is 1. The average molecular weight is 288 g/mol.